The number of fused-ring (bicyclic) bond motifs is 3. The highest BCUT2D eigenvalue weighted by molar-refractivity contribution is 7.14. The van der Waals surface area contributed by atoms with Crippen LogP contribution < -0.4 is 0 Å². The Labute approximate surface area is 168 Å². The molecule has 5 rings (SSSR count). The van der Waals surface area contributed by atoms with Crippen molar-refractivity contribution in [1.29, 1.82) is 0 Å². The van der Waals surface area contributed by atoms with Crippen LogP contribution in [0.1, 0.15) is 23.5 Å². The normalized spacial score (nSPS) is 22.1. The fraction of sp³-hybridized carbons (Fsp3) is 0.429. The molecule has 0 saturated carbocycles. The fourth-order valence-electron chi connectivity index (χ4n) is 4.41. The Morgan fingerprint density at radius 1 is 1.14 bits per heavy atom. The van der Waals surface area contributed by atoms with Crippen LogP contribution in [0, 0.1) is 6.92 Å². The predicted molar refractivity (Wildman–Crippen MR) is 110 cm³/mol. The minimum Gasteiger partial charge on any atom is -0.339 e. The lowest BCUT2D eigenvalue weighted by molar-refractivity contribution is -0.133. The Balaban J connectivity index is 1.36. The highest BCUT2D eigenvalue weighted by Gasteiger charge is 2.38. The summed E-state index contributed by atoms with van der Waals surface area (Å²) in [4.78, 5) is 21.9. The summed E-state index contributed by atoms with van der Waals surface area (Å²) in [6.07, 6.45) is 4.63. The van der Waals surface area contributed by atoms with E-state index in [-0.39, 0.29) is 5.91 Å². The summed E-state index contributed by atoms with van der Waals surface area (Å²) in [5, 5.41) is 12.4. The first-order chi connectivity index (χ1) is 13.6. The van der Waals surface area contributed by atoms with Crippen LogP contribution in [-0.2, 0) is 11.2 Å². The van der Waals surface area contributed by atoms with Crippen molar-refractivity contribution in [3.63, 3.8) is 0 Å². The molecule has 2 saturated heterocycles. The van der Waals surface area contributed by atoms with Crippen LogP contribution in [0.25, 0.3) is 21.3 Å². The molecule has 0 N–H and O–H groups in total. The van der Waals surface area contributed by atoms with E-state index in [0.29, 0.717) is 18.5 Å². The number of hydrogen-bond acceptors (Lipinski definition) is 6. The second kappa shape index (κ2) is 6.90. The Bertz CT molecular complexity index is 1030. The van der Waals surface area contributed by atoms with Crippen molar-refractivity contribution in [2.45, 2.75) is 38.3 Å². The van der Waals surface area contributed by atoms with Gasteiger partial charge in [0.15, 0.2) is 0 Å². The van der Waals surface area contributed by atoms with Crippen LogP contribution in [-0.4, -0.2) is 63.1 Å². The minimum atomic E-state index is 0.188. The fourth-order valence-corrected chi connectivity index (χ4v) is 5.10. The van der Waals surface area contributed by atoms with Gasteiger partial charge >= 0.3 is 0 Å². The third kappa shape index (κ3) is 3.18. The zero-order chi connectivity index (χ0) is 19.3. The molecule has 6 nitrogen and oxygen atoms in total. The number of benzene rings is 1. The van der Waals surface area contributed by atoms with Gasteiger partial charge in [-0.25, -0.2) is 0 Å². The number of amides is 1. The summed E-state index contributed by atoms with van der Waals surface area (Å²) in [7, 11) is 2.19. The molecule has 2 bridgehead atoms. The molecular weight excluding hydrogens is 370 g/mol. The molecule has 1 aromatic carbocycles. The standard InChI is InChI=1S/C21H23N5OS/c1-13-23-24-21(28-13)14-3-4-15-10-22-17(8-16(15)7-14)9-20(27)26-11-18-5-6-19(12-26)25(18)2/h3-4,7-8,10,18-19H,5-6,9,11-12H2,1-2H3. The van der Waals surface area contributed by atoms with Crippen molar-refractivity contribution in [3.05, 3.63) is 41.2 Å². The molecule has 0 radical (unpaired) electrons. The lowest BCUT2D eigenvalue weighted by Crippen LogP contribution is -2.54. The maximum atomic E-state index is 12.9. The lowest BCUT2D eigenvalue weighted by atomic mass is 10.1. The molecule has 0 aliphatic carbocycles. The van der Waals surface area contributed by atoms with Crippen LogP contribution in [0.4, 0.5) is 0 Å². The maximum Gasteiger partial charge on any atom is 0.228 e. The highest BCUT2D eigenvalue weighted by atomic mass is 32.1. The zero-order valence-corrected chi connectivity index (χ0v) is 16.9. The van der Waals surface area contributed by atoms with Crippen molar-refractivity contribution >= 4 is 28.0 Å². The van der Waals surface area contributed by atoms with Crippen LogP contribution >= 0.6 is 11.3 Å². The SMILES string of the molecule is Cc1nnc(-c2ccc3cnc(CC(=O)N4CC5CCC(C4)N5C)cc3c2)s1. The topological polar surface area (TPSA) is 62.2 Å². The number of likely N-dealkylation sites (tertiary alicyclic amines) is 1. The van der Waals surface area contributed by atoms with E-state index in [0.717, 1.165) is 45.1 Å². The Morgan fingerprint density at radius 2 is 1.93 bits per heavy atom. The molecule has 4 heterocycles. The smallest absolute Gasteiger partial charge is 0.228 e. The van der Waals surface area contributed by atoms with Crippen LogP contribution in [0.15, 0.2) is 30.5 Å². The molecule has 3 aromatic rings. The average molecular weight is 394 g/mol. The summed E-state index contributed by atoms with van der Waals surface area (Å²) in [6, 6.07) is 9.29. The lowest BCUT2D eigenvalue weighted by Gasteiger charge is -2.38. The number of nitrogens with zero attached hydrogens (tertiary/aromatic N) is 5. The summed E-state index contributed by atoms with van der Waals surface area (Å²) >= 11 is 1.59. The van der Waals surface area contributed by atoms with E-state index in [4.69, 9.17) is 0 Å². The first kappa shape index (κ1) is 17.7. The van der Waals surface area contributed by atoms with Gasteiger partial charge in [0.25, 0.3) is 0 Å². The van der Waals surface area contributed by atoms with E-state index >= 15 is 0 Å². The predicted octanol–water partition coefficient (Wildman–Crippen LogP) is 2.91. The van der Waals surface area contributed by atoms with Gasteiger partial charge in [-0.15, -0.1) is 10.2 Å². The summed E-state index contributed by atoms with van der Waals surface area (Å²) in [5.41, 5.74) is 1.88. The summed E-state index contributed by atoms with van der Waals surface area (Å²) in [6.45, 7) is 3.65. The van der Waals surface area contributed by atoms with Gasteiger partial charge in [0.2, 0.25) is 5.91 Å². The number of piperazine rings is 1. The molecule has 2 aliphatic heterocycles. The van der Waals surface area contributed by atoms with E-state index in [1.807, 2.05) is 24.1 Å². The quantitative estimate of drug-likeness (QED) is 0.685. The Morgan fingerprint density at radius 3 is 2.64 bits per heavy atom. The minimum absolute atomic E-state index is 0.188. The Kier molecular flexibility index (Phi) is 4.36. The molecule has 2 aliphatic rings. The third-order valence-electron chi connectivity index (χ3n) is 6.08. The average Bonchev–Trinajstić information content (AvgIpc) is 3.19. The van der Waals surface area contributed by atoms with Gasteiger partial charge in [-0.3, -0.25) is 14.7 Å². The number of aromatic nitrogens is 3. The van der Waals surface area contributed by atoms with E-state index in [1.165, 1.54) is 12.8 Å². The second-order valence-electron chi connectivity index (χ2n) is 7.89. The number of hydrogen-bond donors (Lipinski definition) is 0. The van der Waals surface area contributed by atoms with Gasteiger partial charge in [-0.1, -0.05) is 23.5 Å². The summed E-state index contributed by atoms with van der Waals surface area (Å²) < 4.78 is 0. The van der Waals surface area contributed by atoms with Gasteiger partial charge in [0.1, 0.15) is 10.0 Å². The maximum absolute atomic E-state index is 12.9. The molecule has 0 spiro atoms. The molecule has 1 amide bonds. The van der Waals surface area contributed by atoms with Gasteiger partial charge in [-0.05, 0) is 44.3 Å². The largest absolute Gasteiger partial charge is 0.339 e. The molecule has 2 atom stereocenters. The molecule has 144 valence electrons. The van der Waals surface area contributed by atoms with Crippen molar-refractivity contribution in [2.24, 2.45) is 0 Å². The van der Waals surface area contributed by atoms with Gasteiger partial charge < -0.3 is 4.90 Å². The second-order valence-corrected chi connectivity index (χ2v) is 9.07. The number of likely N-dealkylation sites (N-methyl/N-ethyl adjacent to an activating group) is 1. The molecule has 2 aromatic heterocycles. The first-order valence-electron chi connectivity index (χ1n) is 9.76. The molecule has 7 heteroatoms. The van der Waals surface area contributed by atoms with E-state index < -0.39 is 0 Å². The Hall–Kier alpha value is -2.38. The third-order valence-corrected chi connectivity index (χ3v) is 6.97. The number of aryl methyl sites for hydroxylation is 1. The summed E-state index contributed by atoms with van der Waals surface area (Å²) in [5.74, 6) is 0.188. The van der Waals surface area contributed by atoms with Crippen LogP contribution in [0.3, 0.4) is 0 Å². The van der Waals surface area contributed by atoms with E-state index in [2.05, 4.69) is 45.3 Å². The molecule has 2 fully saturated rings. The van der Waals surface area contributed by atoms with Crippen LogP contribution in [0.5, 0.6) is 0 Å². The molecule has 28 heavy (non-hydrogen) atoms. The van der Waals surface area contributed by atoms with Crippen LogP contribution in [0.2, 0.25) is 0 Å². The monoisotopic (exact) mass is 393 g/mol. The number of carbonyl (C=O) groups is 1. The highest BCUT2D eigenvalue weighted by Crippen LogP contribution is 2.29. The number of carbonyl (C=O) groups excluding carboxylic acids is 1. The van der Waals surface area contributed by atoms with Crippen molar-refractivity contribution in [1.82, 2.24) is 25.0 Å². The van der Waals surface area contributed by atoms with Gasteiger partial charge in [0.05, 0.1) is 12.1 Å². The van der Waals surface area contributed by atoms with Crippen molar-refractivity contribution in [3.8, 4) is 10.6 Å². The van der Waals surface area contributed by atoms with E-state index in [9.17, 15) is 4.79 Å². The molecular formula is C21H23N5OS. The molecule has 2 unspecified atom stereocenters. The first-order valence-corrected chi connectivity index (χ1v) is 10.6. The number of rotatable bonds is 3. The van der Waals surface area contributed by atoms with Crippen molar-refractivity contribution in [2.75, 3.05) is 20.1 Å². The number of pyridine rings is 1. The van der Waals surface area contributed by atoms with Gasteiger partial charge in [-0.2, -0.15) is 0 Å². The van der Waals surface area contributed by atoms with E-state index in [1.54, 1.807) is 11.3 Å². The van der Waals surface area contributed by atoms with Crippen molar-refractivity contribution < 1.29 is 4.79 Å². The zero-order valence-electron chi connectivity index (χ0n) is 16.1. The van der Waals surface area contributed by atoms with Gasteiger partial charge in [0, 0.05) is 42.3 Å².